The predicted octanol–water partition coefficient (Wildman–Crippen LogP) is 4.97. The second kappa shape index (κ2) is 11.5. The van der Waals surface area contributed by atoms with Gasteiger partial charge in [0.25, 0.3) is 0 Å². The van der Waals surface area contributed by atoms with Crippen LogP contribution in [0.15, 0.2) is 48.5 Å². The van der Waals surface area contributed by atoms with E-state index >= 15 is 0 Å². The van der Waals surface area contributed by atoms with E-state index in [4.69, 9.17) is 18.9 Å². The van der Waals surface area contributed by atoms with Gasteiger partial charge in [-0.25, -0.2) is 4.79 Å². The average molecular weight is 491 g/mol. The summed E-state index contributed by atoms with van der Waals surface area (Å²) in [7, 11) is 0. The first-order valence-electron chi connectivity index (χ1n) is 12.0. The van der Waals surface area contributed by atoms with Gasteiger partial charge in [-0.05, 0) is 71.2 Å². The first-order chi connectivity index (χ1) is 17.0. The fourth-order valence-corrected chi connectivity index (χ4v) is 3.47. The molecule has 190 valence electrons. The monoisotopic (exact) mass is 490 g/mol. The van der Waals surface area contributed by atoms with Crippen LogP contribution in [-0.2, 0) is 20.6 Å². The Bertz CT molecular complexity index is 1140. The molecule has 0 spiro atoms. The largest absolute Gasteiger partial charge is 0.492 e. The number of alkyl carbamates (subject to hydrolysis) is 1. The molecule has 7 heteroatoms. The number of nitriles is 1. The van der Waals surface area contributed by atoms with Crippen LogP contribution in [0.4, 0.5) is 4.79 Å². The molecular weight excluding hydrogens is 456 g/mol. The fraction of sp³-hybridized carbons (Fsp3) is 0.448. The SMILES string of the molecule is CC(C)(C)OC(=O)NC1(C#Cc2ccc(OCCCc3ccccc3)c(C#N)c2)COC(C)(C)OC1. The average Bonchev–Trinajstić information content (AvgIpc) is 2.82. The van der Waals surface area contributed by atoms with Crippen molar-refractivity contribution in [3.63, 3.8) is 0 Å². The molecule has 0 saturated carbocycles. The summed E-state index contributed by atoms with van der Waals surface area (Å²) in [5.41, 5.74) is 0.496. The summed E-state index contributed by atoms with van der Waals surface area (Å²) in [6.45, 7) is 9.72. The van der Waals surface area contributed by atoms with E-state index in [0.29, 0.717) is 23.5 Å². The molecule has 0 bridgehead atoms. The Labute approximate surface area is 213 Å². The van der Waals surface area contributed by atoms with Crippen LogP contribution in [0.3, 0.4) is 0 Å². The summed E-state index contributed by atoms with van der Waals surface area (Å²) >= 11 is 0. The van der Waals surface area contributed by atoms with Crippen LogP contribution >= 0.6 is 0 Å². The number of benzene rings is 2. The quantitative estimate of drug-likeness (QED) is 0.454. The Hall–Kier alpha value is -3.52. The summed E-state index contributed by atoms with van der Waals surface area (Å²) in [5, 5.41) is 12.4. The molecule has 0 aromatic heterocycles. The number of nitrogens with zero attached hydrogens (tertiary/aromatic N) is 1. The number of carbonyl (C=O) groups is 1. The maximum atomic E-state index is 12.5. The van der Waals surface area contributed by atoms with Crippen molar-refractivity contribution < 1.29 is 23.7 Å². The summed E-state index contributed by atoms with van der Waals surface area (Å²) in [5.74, 6) is 5.87. The number of hydrogen-bond acceptors (Lipinski definition) is 6. The minimum absolute atomic E-state index is 0.125. The Kier molecular flexibility index (Phi) is 8.63. The third-order valence-corrected chi connectivity index (χ3v) is 5.33. The van der Waals surface area contributed by atoms with E-state index in [9.17, 15) is 10.1 Å². The fourth-order valence-electron chi connectivity index (χ4n) is 3.47. The number of aryl methyl sites for hydroxylation is 1. The van der Waals surface area contributed by atoms with E-state index in [1.165, 1.54) is 5.56 Å². The molecule has 0 atom stereocenters. The molecular formula is C29H34N2O5. The third-order valence-electron chi connectivity index (χ3n) is 5.33. The van der Waals surface area contributed by atoms with E-state index in [-0.39, 0.29) is 13.2 Å². The van der Waals surface area contributed by atoms with Crippen LogP contribution in [-0.4, -0.2) is 42.8 Å². The van der Waals surface area contributed by atoms with Gasteiger partial charge in [0.15, 0.2) is 11.3 Å². The maximum Gasteiger partial charge on any atom is 0.409 e. The Morgan fingerprint density at radius 2 is 1.81 bits per heavy atom. The van der Waals surface area contributed by atoms with Crippen molar-refractivity contribution >= 4 is 6.09 Å². The lowest BCUT2D eigenvalue weighted by Crippen LogP contribution is -2.60. The highest BCUT2D eigenvalue weighted by atomic mass is 16.7. The van der Waals surface area contributed by atoms with Crippen LogP contribution < -0.4 is 10.1 Å². The zero-order valence-corrected chi connectivity index (χ0v) is 21.6. The van der Waals surface area contributed by atoms with Crippen LogP contribution in [0, 0.1) is 23.2 Å². The molecule has 0 radical (unpaired) electrons. The first-order valence-corrected chi connectivity index (χ1v) is 12.0. The molecule has 1 aliphatic heterocycles. The molecule has 1 N–H and O–H groups in total. The van der Waals surface area contributed by atoms with Crippen molar-refractivity contribution in [2.24, 2.45) is 0 Å². The predicted molar refractivity (Wildman–Crippen MR) is 136 cm³/mol. The van der Waals surface area contributed by atoms with Crippen molar-refractivity contribution in [1.82, 2.24) is 5.32 Å². The Morgan fingerprint density at radius 1 is 1.11 bits per heavy atom. The van der Waals surface area contributed by atoms with Gasteiger partial charge in [0.1, 0.15) is 17.4 Å². The van der Waals surface area contributed by atoms with Gasteiger partial charge in [0, 0.05) is 5.56 Å². The summed E-state index contributed by atoms with van der Waals surface area (Å²) < 4.78 is 22.8. The van der Waals surface area contributed by atoms with Gasteiger partial charge in [-0.2, -0.15) is 5.26 Å². The second-order valence-corrected chi connectivity index (χ2v) is 10.2. The zero-order valence-electron chi connectivity index (χ0n) is 21.6. The minimum Gasteiger partial charge on any atom is -0.492 e. The standard InChI is InChI=1S/C29H34N2O5/c1-27(2,3)36-26(32)31-29(20-34-28(4,5)35-21-29)16-15-23-13-14-25(24(18-23)19-30)33-17-9-12-22-10-7-6-8-11-22/h6-8,10-11,13-14,18H,9,12,17,20-21H2,1-5H3,(H,31,32). The van der Waals surface area contributed by atoms with Crippen molar-refractivity contribution in [3.05, 3.63) is 65.2 Å². The lowest BCUT2D eigenvalue weighted by Gasteiger charge is -2.41. The Morgan fingerprint density at radius 3 is 2.44 bits per heavy atom. The smallest absolute Gasteiger partial charge is 0.409 e. The molecule has 1 heterocycles. The molecule has 0 unspecified atom stereocenters. The molecule has 3 rings (SSSR count). The number of rotatable bonds is 6. The number of amides is 1. The van der Waals surface area contributed by atoms with Crippen LogP contribution in [0.1, 0.15) is 57.7 Å². The molecule has 2 aromatic carbocycles. The van der Waals surface area contributed by atoms with Crippen molar-refractivity contribution in [2.45, 2.75) is 64.4 Å². The van der Waals surface area contributed by atoms with E-state index in [1.807, 2.05) is 18.2 Å². The van der Waals surface area contributed by atoms with Crippen LogP contribution in [0.2, 0.25) is 0 Å². The van der Waals surface area contributed by atoms with Crippen molar-refractivity contribution in [1.29, 1.82) is 5.26 Å². The van der Waals surface area contributed by atoms with Gasteiger partial charge in [0.2, 0.25) is 0 Å². The normalized spacial score (nSPS) is 16.1. The van der Waals surface area contributed by atoms with Gasteiger partial charge < -0.3 is 24.3 Å². The third kappa shape index (κ3) is 8.30. The van der Waals surface area contributed by atoms with Crippen molar-refractivity contribution in [2.75, 3.05) is 19.8 Å². The highest BCUT2D eigenvalue weighted by Gasteiger charge is 2.41. The van der Waals surface area contributed by atoms with E-state index < -0.39 is 23.0 Å². The number of ether oxygens (including phenoxy) is 4. The lowest BCUT2D eigenvalue weighted by molar-refractivity contribution is -0.262. The molecule has 36 heavy (non-hydrogen) atoms. The van der Waals surface area contributed by atoms with E-state index in [2.05, 4.69) is 35.4 Å². The van der Waals surface area contributed by atoms with Gasteiger partial charge in [-0.1, -0.05) is 42.2 Å². The number of nitrogens with one attached hydrogen (secondary N) is 1. The molecule has 1 amide bonds. The second-order valence-electron chi connectivity index (χ2n) is 10.2. The van der Waals surface area contributed by atoms with Crippen molar-refractivity contribution in [3.8, 4) is 23.7 Å². The summed E-state index contributed by atoms with van der Waals surface area (Å²) in [6.07, 6.45) is 1.13. The molecule has 0 aliphatic carbocycles. The number of hydrogen-bond donors (Lipinski definition) is 1. The van der Waals surface area contributed by atoms with Gasteiger partial charge in [-0.3, -0.25) is 0 Å². The minimum atomic E-state index is -1.10. The van der Waals surface area contributed by atoms with Gasteiger partial charge in [-0.15, -0.1) is 0 Å². The number of carbonyl (C=O) groups excluding carboxylic acids is 1. The van der Waals surface area contributed by atoms with Gasteiger partial charge >= 0.3 is 6.09 Å². The maximum absolute atomic E-state index is 12.5. The topological polar surface area (TPSA) is 89.8 Å². The van der Waals surface area contributed by atoms with E-state index in [0.717, 1.165) is 12.8 Å². The Balaban J connectivity index is 1.70. The van der Waals surface area contributed by atoms with E-state index in [1.54, 1.807) is 52.8 Å². The molecule has 2 aromatic rings. The highest BCUT2D eigenvalue weighted by Crippen LogP contribution is 2.25. The van der Waals surface area contributed by atoms with Gasteiger partial charge in [0.05, 0.1) is 25.4 Å². The molecule has 7 nitrogen and oxygen atoms in total. The highest BCUT2D eigenvalue weighted by molar-refractivity contribution is 5.70. The molecule has 1 saturated heterocycles. The molecule has 1 aliphatic rings. The lowest BCUT2D eigenvalue weighted by atomic mass is 10.00. The summed E-state index contributed by atoms with van der Waals surface area (Å²) in [6, 6.07) is 17.6. The summed E-state index contributed by atoms with van der Waals surface area (Å²) in [4.78, 5) is 12.5. The van der Waals surface area contributed by atoms with Crippen LogP contribution in [0.5, 0.6) is 5.75 Å². The molecule has 1 fully saturated rings. The van der Waals surface area contributed by atoms with Crippen LogP contribution in [0.25, 0.3) is 0 Å². The first kappa shape index (κ1) is 27.1. The zero-order chi connectivity index (χ0) is 26.2.